The van der Waals surface area contributed by atoms with Crippen molar-refractivity contribution in [1.82, 2.24) is 4.57 Å². The van der Waals surface area contributed by atoms with Gasteiger partial charge in [-0.15, -0.1) is 11.8 Å². The van der Waals surface area contributed by atoms with Crippen LogP contribution in [0.1, 0.15) is 31.1 Å². The highest BCUT2D eigenvalue weighted by Gasteiger charge is 2.17. The van der Waals surface area contributed by atoms with Crippen molar-refractivity contribution in [1.29, 1.82) is 0 Å². The molecule has 0 aliphatic rings. The van der Waals surface area contributed by atoms with E-state index in [9.17, 15) is 18.4 Å². The van der Waals surface area contributed by atoms with Crippen molar-refractivity contribution in [3.05, 3.63) is 58.4 Å². The van der Waals surface area contributed by atoms with Crippen molar-refractivity contribution in [3.8, 4) is 0 Å². The van der Waals surface area contributed by atoms with E-state index in [1.165, 1.54) is 4.57 Å². The molecule has 0 radical (unpaired) electrons. The molecule has 0 fully saturated rings. The number of esters is 1. The quantitative estimate of drug-likeness (QED) is 0.400. The summed E-state index contributed by atoms with van der Waals surface area (Å²) >= 11 is 2.54. The van der Waals surface area contributed by atoms with Crippen LogP contribution in [0.2, 0.25) is 0 Å². The molecule has 0 atom stereocenters. The Hall–Kier alpha value is -2.52. The summed E-state index contributed by atoms with van der Waals surface area (Å²) in [5.74, 6) is -2.73. The zero-order valence-corrected chi connectivity index (χ0v) is 18.3. The molecule has 3 rings (SSSR count). The number of hydrogen-bond donors (Lipinski definition) is 0. The van der Waals surface area contributed by atoms with E-state index in [1.807, 2.05) is 19.9 Å². The molecule has 3 aromatic rings. The number of fused-ring (bicyclic) bond motifs is 1. The molecule has 0 N–H and O–H groups in total. The van der Waals surface area contributed by atoms with Gasteiger partial charge in [0.25, 0.3) is 5.91 Å². The van der Waals surface area contributed by atoms with Crippen molar-refractivity contribution in [3.63, 3.8) is 0 Å². The Kier molecular flexibility index (Phi) is 7.04. The highest BCUT2D eigenvalue weighted by atomic mass is 32.2. The molecule has 5 nitrogen and oxygen atoms in total. The van der Waals surface area contributed by atoms with Crippen LogP contribution in [0.3, 0.4) is 0 Å². The van der Waals surface area contributed by atoms with Gasteiger partial charge in [-0.3, -0.25) is 9.59 Å². The van der Waals surface area contributed by atoms with Crippen LogP contribution < -0.4 is 4.80 Å². The summed E-state index contributed by atoms with van der Waals surface area (Å²) in [5, 5.41) is 0.347. The van der Waals surface area contributed by atoms with E-state index in [0.29, 0.717) is 10.8 Å². The second-order valence-electron chi connectivity index (χ2n) is 6.62. The molecule has 9 heteroatoms. The summed E-state index contributed by atoms with van der Waals surface area (Å²) in [7, 11) is 0. The predicted molar refractivity (Wildman–Crippen MR) is 114 cm³/mol. The maximum Gasteiger partial charge on any atom is 0.326 e. The van der Waals surface area contributed by atoms with E-state index in [4.69, 9.17) is 4.74 Å². The van der Waals surface area contributed by atoms with Crippen molar-refractivity contribution in [2.24, 2.45) is 4.99 Å². The average Bonchev–Trinajstić information content (AvgIpc) is 2.98. The fourth-order valence-corrected chi connectivity index (χ4v) is 4.79. The smallest absolute Gasteiger partial charge is 0.326 e. The van der Waals surface area contributed by atoms with Crippen LogP contribution in [-0.2, 0) is 16.1 Å². The van der Waals surface area contributed by atoms with Gasteiger partial charge in [0.2, 0.25) is 0 Å². The number of halogens is 2. The van der Waals surface area contributed by atoms with E-state index in [1.54, 1.807) is 36.9 Å². The number of carbonyl (C=O) groups is 2. The Bertz CT molecular complexity index is 1170. The van der Waals surface area contributed by atoms with Crippen molar-refractivity contribution >= 4 is 45.2 Å². The third kappa shape index (κ3) is 5.14. The van der Waals surface area contributed by atoms with Crippen LogP contribution >= 0.6 is 23.1 Å². The van der Waals surface area contributed by atoms with Gasteiger partial charge in [0.15, 0.2) is 10.6 Å². The molecule has 1 aromatic heterocycles. The van der Waals surface area contributed by atoms with Crippen LogP contribution in [0.5, 0.6) is 0 Å². The number of benzene rings is 2. The first kappa shape index (κ1) is 22.2. The van der Waals surface area contributed by atoms with Crippen LogP contribution in [0.25, 0.3) is 10.2 Å². The number of hydrogen-bond acceptors (Lipinski definition) is 5. The molecule has 1 heterocycles. The minimum absolute atomic E-state index is 0.00474. The third-order valence-electron chi connectivity index (χ3n) is 3.94. The van der Waals surface area contributed by atoms with Crippen LogP contribution in [0.4, 0.5) is 8.78 Å². The van der Waals surface area contributed by atoms with Crippen molar-refractivity contribution < 1.29 is 23.1 Å². The Morgan fingerprint density at radius 3 is 2.70 bits per heavy atom. The van der Waals surface area contributed by atoms with Gasteiger partial charge in [-0.25, -0.2) is 8.78 Å². The highest BCUT2D eigenvalue weighted by molar-refractivity contribution is 7.99. The third-order valence-corrected chi connectivity index (χ3v) is 5.96. The van der Waals surface area contributed by atoms with Gasteiger partial charge in [0, 0.05) is 21.8 Å². The number of carbonyl (C=O) groups excluding carboxylic acids is 2. The normalized spacial score (nSPS) is 12.0. The number of nitrogens with zero attached hydrogens (tertiary/aromatic N) is 2. The van der Waals surface area contributed by atoms with Crippen LogP contribution in [0.15, 0.2) is 46.3 Å². The zero-order chi connectivity index (χ0) is 21.8. The first-order chi connectivity index (χ1) is 14.3. The minimum atomic E-state index is -0.838. The molecule has 30 heavy (non-hydrogen) atoms. The molecular weight excluding hydrogens is 430 g/mol. The summed E-state index contributed by atoms with van der Waals surface area (Å²) in [6.45, 7) is 5.57. The summed E-state index contributed by atoms with van der Waals surface area (Å²) in [5.41, 5.74) is 0.373. The standard InChI is InChI=1S/C21H20F2N2O3S2/c1-4-28-18(26)11-25-19-16(23)9-14(22)10-17(19)30-21(25)24-20(27)13-6-5-7-15(8-13)29-12(2)3/h5-10,12H,4,11H2,1-3H3. The van der Waals surface area contributed by atoms with Gasteiger partial charge < -0.3 is 9.30 Å². The maximum atomic E-state index is 14.5. The SMILES string of the molecule is CCOC(=O)Cn1c(=NC(=O)c2cccc(SC(C)C)c2)sc2cc(F)cc(F)c21. The molecule has 2 aromatic carbocycles. The van der Waals surface area contributed by atoms with Crippen molar-refractivity contribution in [2.45, 2.75) is 37.5 Å². The molecule has 0 saturated heterocycles. The van der Waals surface area contributed by atoms with Gasteiger partial charge in [0.1, 0.15) is 12.4 Å². The molecule has 1 amide bonds. The van der Waals surface area contributed by atoms with Gasteiger partial charge in [-0.05, 0) is 31.2 Å². The molecular formula is C21H20F2N2O3S2. The van der Waals surface area contributed by atoms with Gasteiger partial charge in [-0.1, -0.05) is 31.3 Å². The first-order valence-corrected chi connectivity index (χ1v) is 11.0. The van der Waals surface area contributed by atoms with E-state index in [0.717, 1.165) is 28.4 Å². The number of rotatable bonds is 6. The van der Waals surface area contributed by atoms with Gasteiger partial charge >= 0.3 is 5.97 Å². The fraction of sp³-hybridized carbons (Fsp3) is 0.286. The fourth-order valence-electron chi connectivity index (χ4n) is 2.82. The van der Waals surface area contributed by atoms with Crippen molar-refractivity contribution in [2.75, 3.05) is 6.61 Å². The largest absolute Gasteiger partial charge is 0.465 e. The van der Waals surface area contributed by atoms with Crippen LogP contribution in [-0.4, -0.2) is 28.3 Å². The Morgan fingerprint density at radius 1 is 1.23 bits per heavy atom. The molecule has 0 spiro atoms. The Morgan fingerprint density at radius 2 is 2.00 bits per heavy atom. The lowest BCUT2D eigenvalue weighted by molar-refractivity contribution is -0.143. The van der Waals surface area contributed by atoms with Crippen LogP contribution in [0, 0.1) is 11.6 Å². The van der Waals surface area contributed by atoms with E-state index < -0.39 is 23.5 Å². The number of thioether (sulfide) groups is 1. The second-order valence-corrected chi connectivity index (χ2v) is 9.28. The molecule has 0 aliphatic heterocycles. The zero-order valence-electron chi connectivity index (χ0n) is 16.6. The van der Waals surface area contributed by atoms with E-state index >= 15 is 0 Å². The lowest BCUT2D eigenvalue weighted by atomic mass is 10.2. The molecule has 0 saturated carbocycles. The Labute approximate surface area is 180 Å². The van der Waals surface area contributed by atoms with E-state index in [-0.39, 0.29) is 28.2 Å². The highest BCUT2D eigenvalue weighted by Crippen LogP contribution is 2.25. The number of ether oxygens (including phenoxy) is 1. The summed E-state index contributed by atoms with van der Waals surface area (Å²) in [6, 6.07) is 8.92. The van der Waals surface area contributed by atoms with Gasteiger partial charge in [-0.2, -0.15) is 4.99 Å². The molecule has 0 unspecified atom stereocenters. The lowest BCUT2D eigenvalue weighted by Crippen LogP contribution is -2.23. The topological polar surface area (TPSA) is 60.7 Å². The number of thiazole rings is 1. The minimum Gasteiger partial charge on any atom is -0.465 e. The van der Waals surface area contributed by atoms with Gasteiger partial charge in [0.05, 0.1) is 16.8 Å². The monoisotopic (exact) mass is 450 g/mol. The summed E-state index contributed by atoms with van der Waals surface area (Å²) in [6.07, 6.45) is 0. The number of amides is 1. The Balaban J connectivity index is 2.09. The predicted octanol–water partition coefficient (Wildman–Crippen LogP) is 4.79. The molecule has 0 bridgehead atoms. The number of aromatic nitrogens is 1. The average molecular weight is 451 g/mol. The lowest BCUT2D eigenvalue weighted by Gasteiger charge is -2.06. The maximum absolute atomic E-state index is 14.5. The molecule has 0 aliphatic carbocycles. The molecule has 158 valence electrons. The summed E-state index contributed by atoms with van der Waals surface area (Å²) < 4.78 is 34.6. The summed E-state index contributed by atoms with van der Waals surface area (Å²) in [4.78, 5) is 29.9. The van der Waals surface area contributed by atoms with E-state index in [2.05, 4.69) is 4.99 Å². The first-order valence-electron chi connectivity index (χ1n) is 9.28. The second kappa shape index (κ2) is 9.53.